The lowest BCUT2D eigenvalue weighted by molar-refractivity contribution is 0.195. The van der Waals surface area contributed by atoms with E-state index in [1.807, 2.05) is 30.3 Å². The lowest BCUT2D eigenvalue weighted by Gasteiger charge is -2.11. The first-order valence-corrected chi connectivity index (χ1v) is 8.97. The van der Waals surface area contributed by atoms with Gasteiger partial charge in [0.05, 0.1) is 11.4 Å². The maximum atomic E-state index is 9.44. The van der Waals surface area contributed by atoms with Gasteiger partial charge in [0, 0.05) is 33.9 Å². The van der Waals surface area contributed by atoms with Crippen LogP contribution in [-0.4, -0.2) is 49.6 Å². The van der Waals surface area contributed by atoms with Gasteiger partial charge in [-0.25, -0.2) is 4.68 Å². The zero-order chi connectivity index (χ0) is 19.5. The molecule has 0 bridgehead atoms. The highest BCUT2D eigenvalue weighted by Gasteiger charge is 2.16. The van der Waals surface area contributed by atoms with Gasteiger partial charge in [-0.2, -0.15) is 10.4 Å². The lowest BCUT2D eigenvalue weighted by Crippen LogP contribution is -2.38. The van der Waals surface area contributed by atoms with Crippen molar-refractivity contribution in [2.75, 3.05) is 39.6 Å². The molecule has 4 N–H and O–H groups in total. The van der Waals surface area contributed by atoms with Crippen molar-refractivity contribution in [3.8, 4) is 11.8 Å². The summed E-state index contributed by atoms with van der Waals surface area (Å²) in [4.78, 5) is 4.18. The predicted molar refractivity (Wildman–Crippen MR) is 122 cm³/mol. The molecule has 9 heteroatoms. The van der Waals surface area contributed by atoms with Gasteiger partial charge in [0.1, 0.15) is 17.5 Å². The van der Waals surface area contributed by atoms with Gasteiger partial charge in [-0.1, -0.05) is 18.2 Å². The molecule has 0 fully saturated rings. The highest BCUT2D eigenvalue weighted by Crippen LogP contribution is 2.21. The van der Waals surface area contributed by atoms with Crippen molar-refractivity contribution in [3.63, 3.8) is 0 Å². The van der Waals surface area contributed by atoms with Crippen LogP contribution in [0.25, 0.3) is 5.69 Å². The fraction of sp³-hybridized carbons (Fsp3) is 0.421. The number of guanidine groups is 1. The third-order valence-corrected chi connectivity index (χ3v) is 4.03. The molecule has 0 spiro atoms. The Morgan fingerprint density at radius 2 is 1.93 bits per heavy atom. The second-order valence-corrected chi connectivity index (χ2v) is 5.94. The van der Waals surface area contributed by atoms with E-state index < -0.39 is 0 Å². The average molecular weight is 497 g/mol. The number of aliphatic imine (C=N–C) groups is 1. The van der Waals surface area contributed by atoms with Crippen LogP contribution >= 0.6 is 24.0 Å². The molecule has 0 saturated heterocycles. The standard InChI is InChI=1S/C19H27N7O.HI/c1-22-19(24-12-7-13-27-2)23-11-6-10-17-16(14-20)18(21)26(25-17)15-8-4-3-5-9-15;/h3-5,8-9H,6-7,10-13,21H2,1-2H3,(H2,22,23,24);1H. The zero-order valence-electron chi connectivity index (χ0n) is 16.3. The monoisotopic (exact) mass is 497 g/mol. The maximum absolute atomic E-state index is 9.44. The van der Waals surface area contributed by atoms with Gasteiger partial charge in [-0.15, -0.1) is 24.0 Å². The van der Waals surface area contributed by atoms with Crippen LogP contribution in [0.5, 0.6) is 0 Å². The number of halogens is 1. The van der Waals surface area contributed by atoms with E-state index in [1.54, 1.807) is 18.8 Å². The first kappa shape index (κ1) is 23.7. The molecule has 0 radical (unpaired) electrons. The van der Waals surface area contributed by atoms with Gasteiger partial charge in [-0.05, 0) is 31.4 Å². The Morgan fingerprint density at radius 1 is 1.25 bits per heavy atom. The van der Waals surface area contributed by atoms with E-state index in [1.165, 1.54) is 0 Å². The highest BCUT2D eigenvalue weighted by molar-refractivity contribution is 14.0. The number of nitriles is 1. The Balaban J connectivity index is 0.00000392. The summed E-state index contributed by atoms with van der Waals surface area (Å²) in [6.45, 7) is 2.23. The molecule has 1 heterocycles. The summed E-state index contributed by atoms with van der Waals surface area (Å²) in [5, 5.41) is 20.5. The Morgan fingerprint density at radius 3 is 2.54 bits per heavy atom. The van der Waals surface area contributed by atoms with Gasteiger partial charge >= 0.3 is 0 Å². The Bertz CT molecular complexity index is 784. The molecule has 0 atom stereocenters. The molecule has 0 aliphatic heterocycles. The number of anilines is 1. The molecule has 0 aliphatic carbocycles. The van der Waals surface area contributed by atoms with Gasteiger partial charge in [-0.3, -0.25) is 4.99 Å². The second-order valence-electron chi connectivity index (χ2n) is 5.94. The number of hydrogen-bond donors (Lipinski definition) is 3. The molecule has 1 aromatic heterocycles. The number of nitrogens with one attached hydrogen (secondary N) is 2. The minimum absolute atomic E-state index is 0. The number of benzene rings is 1. The van der Waals surface area contributed by atoms with Gasteiger partial charge in [0.25, 0.3) is 0 Å². The third-order valence-electron chi connectivity index (χ3n) is 4.03. The molecule has 0 saturated carbocycles. The van der Waals surface area contributed by atoms with E-state index >= 15 is 0 Å². The molecule has 0 unspecified atom stereocenters. The molecule has 0 aliphatic rings. The van der Waals surface area contributed by atoms with Gasteiger partial charge in [0.2, 0.25) is 0 Å². The van der Waals surface area contributed by atoms with E-state index in [0.717, 1.165) is 31.0 Å². The number of para-hydroxylation sites is 1. The maximum Gasteiger partial charge on any atom is 0.190 e. The van der Waals surface area contributed by atoms with Crippen LogP contribution in [0.4, 0.5) is 5.82 Å². The fourth-order valence-electron chi connectivity index (χ4n) is 2.65. The Labute approximate surface area is 183 Å². The Hall–Kier alpha value is -2.32. The van der Waals surface area contributed by atoms with Crippen LogP contribution in [0.3, 0.4) is 0 Å². The van der Waals surface area contributed by atoms with E-state index in [-0.39, 0.29) is 24.0 Å². The predicted octanol–water partition coefficient (Wildman–Crippen LogP) is 2.08. The minimum Gasteiger partial charge on any atom is -0.385 e. The zero-order valence-corrected chi connectivity index (χ0v) is 18.6. The minimum atomic E-state index is 0. The van der Waals surface area contributed by atoms with Crippen LogP contribution in [0.1, 0.15) is 24.1 Å². The first-order valence-electron chi connectivity index (χ1n) is 8.97. The van der Waals surface area contributed by atoms with Crippen LogP contribution in [0.2, 0.25) is 0 Å². The number of ether oxygens (including phenoxy) is 1. The molecular weight excluding hydrogens is 469 g/mol. The third kappa shape index (κ3) is 6.69. The van der Waals surface area contributed by atoms with E-state index in [0.29, 0.717) is 36.6 Å². The summed E-state index contributed by atoms with van der Waals surface area (Å²) in [5.41, 5.74) is 8.12. The summed E-state index contributed by atoms with van der Waals surface area (Å²) >= 11 is 0. The average Bonchev–Trinajstić information content (AvgIpc) is 3.02. The van der Waals surface area contributed by atoms with Crippen LogP contribution in [-0.2, 0) is 11.2 Å². The quantitative estimate of drug-likeness (QED) is 0.212. The molecule has 2 aromatic rings. The molecule has 8 nitrogen and oxygen atoms in total. The van der Waals surface area contributed by atoms with E-state index in [2.05, 4.69) is 26.8 Å². The van der Waals surface area contributed by atoms with Crippen molar-refractivity contribution in [2.45, 2.75) is 19.3 Å². The fourth-order valence-corrected chi connectivity index (χ4v) is 2.65. The number of nitrogen functional groups attached to an aromatic ring is 1. The van der Waals surface area contributed by atoms with Crippen molar-refractivity contribution in [3.05, 3.63) is 41.6 Å². The summed E-state index contributed by atoms with van der Waals surface area (Å²) < 4.78 is 6.65. The van der Waals surface area contributed by atoms with Crippen molar-refractivity contribution in [2.24, 2.45) is 4.99 Å². The molecular formula is C19H28IN7O. The largest absolute Gasteiger partial charge is 0.385 e. The Kier molecular flexibility index (Phi) is 11.0. The van der Waals surface area contributed by atoms with Crippen molar-refractivity contribution in [1.29, 1.82) is 5.26 Å². The molecule has 1 aromatic carbocycles. The van der Waals surface area contributed by atoms with Crippen molar-refractivity contribution >= 4 is 35.8 Å². The van der Waals surface area contributed by atoms with Crippen LogP contribution in [0, 0.1) is 11.3 Å². The number of aryl methyl sites for hydroxylation is 1. The number of rotatable bonds is 9. The smallest absolute Gasteiger partial charge is 0.190 e. The normalized spacial score (nSPS) is 10.8. The number of aromatic nitrogens is 2. The number of hydrogen-bond acceptors (Lipinski definition) is 5. The molecule has 0 amide bonds. The number of nitrogens with two attached hydrogens (primary N) is 1. The first-order chi connectivity index (χ1) is 13.2. The number of nitrogens with zero attached hydrogens (tertiary/aromatic N) is 4. The van der Waals surface area contributed by atoms with Crippen molar-refractivity contribution < 1.29 is 4.74 Å². The summed E-state index contributed by atoms with van der Waals surface area (Å²) in [6.07, 6.45) is 2.37. The van der Waals surface area contributed by atoms with Crippen molar-refractivity contribution in [1.82, 2.24) is 20.4 Å². The van der Waals surface area contributed by atoms with E-state index in [9.17, 15) is 5.26 Å². The summed E-state index contributed by atoms with van der Waals surface area (Å²) in [7, 11) is 3.43. The summed E-state index contributed by atoms with van der Waals surface area (Å²) in [6, 6.07) is 11.8. The number of methoxy groups -OCH3 is 1. The molecule has 28 heavy (non-hydrogen) atoms. The summed E-state index contributed by atoms with van der Waals surface area (Å²) in [5.74, 6) is 1.13. The topological polar surface area (TPSA) is 113 Å². The second kappa shape index (κ2) is 13.0. The lowest BCUT2D eigenvalue weighted by atomic mass is 10.1. The van der Waals surface area contributed by atoms with Crippen LogP contribution < -0.4 is 16.4 Å². The van der Waals surface area contributed by atoms with Gasteiger partial charge < -0.3 is 21.1 Å². The van der Waals surface area contributed by atoms with E-state index in [4.69, 9.17) is 10.5 Å². The highest BCUT2D eigenvalue weighted by atomic mass is 127. The van der Waals surface area contributed by atoms with Gasteiger partial charge in [0.15, 0.2) is 5.96 Å². The molecule has 152 valence electrons. The molecule has 2 rings (SSSR count). The SMILES string of the molecule is CN=C(NCCCOC)NCCCc1nn(-c2ccccc2)c(N)c1C#N.I. The van der Waals surface area contributed by atoms with Crippen LogP contribution in [0.15, 0.2) is 35.3 Å².